The van der Waals surface area contributed by atoms with Gasteiger partial charge in [0, 0.05) is 22.3 Å². The maximum Gasteiger partial charge on any atom is 0.191 e. The molecule has 0 saturated heterocycles. The normalized spacial score (nSPS) is 12.2. The fourth-order valence-corrected chi connectivity index (χ4v) is 4.09. The number of rotatable bonds is 7. The maximum absolute atomic E-state index is 13.2. The summed E-state index contributed by atoms with van der Waals surface area (Å²) in [4.78, 5) is 0. The lowest BCUT2D eigenvalue weighted by Crippen LogP contribution is -2.12. The van der Waals surface area contributed by atoms with Gasteiger partial charge in [-0.3, -0.25) is 0 Å². The van der Waals surface area contributed by atoms with E-state index in [0.29, 0.717) is 28.1 Å². The van der Waals surface area contributed by atoms with Gasteiger partial charge in [0.1, 0.15) is 11.6 Å². The highest BCUT2D eigenvalue weighted by molar-refractivity contribution is 7.98. The minimum atomic E-state index is -0.347. The molecule has 0 fully saturated rings. The first-order chi connectivity index (χ1) is 13.0. The fraction of sp³-hybridized carbons (Fsp3) is 0.263. The molecule has 142 valence electrons. The lowest BCUT2D eigenvalue weighted by Gasteiger charge is -2.15. The van der Waals surface area contributed by atoms with Gasteiger partial charge in [-0.1, -0.05) is 47.1 Å². The molecule has 0 aliphatic rings. The molecule has 8 heteroatoms. The van der Waals surface area contributed by atoms with Crippen molar-refractivity contribution < 1.29 is 9.13 Å². The van der Waals surface area contributed by atoms with Crippen molar-refractivity contribution in [2.75, 3.05) is 0 Å². The molecule has 4 nitrogen and oxygen atoms in total. The number of hydrogen-bond donors (Lipinski definition) is 0. The largest absolute Gasteiger partial charge is 0.483 e. The van der Waals surface area contributed by atoms with Gasteiger partial charge in [-0.15, -0.1) is 10.2 Å². The molecule has 2 aromatic carbocycles. The van der Waals surface area contributed by atoms with Gasteiger partial charge in [-0.2, -0.15) is 0 Å². The summed E-state index contributed by atoms with van der Waals surface area (Å²) in [6.45, 7) is 4.64. The average molecular weight is 426 g/mol. The van der Waals surface area contributed by atoms with Crippen molar-refractivity contribution >= 4 is 35.0 Å². The highest BCUT2D eigenvalue weighted by atomic mass is 35.5. The van der Waals surface area contributed by atoms with Gasteiger partial charge in [0.2, 0.25) is 0 Å². The number of halogens is 3. The van der Waals surface area contributed by atoms with Gasteiger partial charge in [-0.05, 0) is 49.7 Å². The summed E-state index contributed by atoms with van der Waals surface area (Å²) in [7, 11) is 0. The van der Waals surface area contributed by atoms with Crippen LogP contribution in [0.1, 0.15) is 31.3 Å². The molecule has 0 aliphatic carbocycles. The van der Waals surface area contributed by atoms with Crippen LogP contribution in [-0.4, -0.2) is 14.8 Å². The van der Waals surface area contributed by atoms with Gasteiger partial charge in [-0.25, -0.2) is 4.39 Å². The van der Waals surface area contributed by atoms with Crippen molar-refractivity contribution in [1.29, 1.82) is 0 Å². The zero-order valence-corrected chi connectivity index (χ0v) is 17.2. The maximum atomic E-state index is 13.2. The molecular weight excluding hydrogens is 408 g/mol. The average Bonchev–Trinajstić information content (AvgIpc) is 3.04. The molecule has 0 N–H and O–H groups in total. The minimum absolute atomic E-state index is 0.292. The zero-order valence-electron chi connectivity index (χ0n) is 14.8. The van der Waals surface area contributed by atoms with Crippen LogP contribution in [0.25, 0.3) is 0 Å². The van der Waals surface area contributed by atoms with Crippen LogP contribution in [0.3, 0.4) is 0 Å². The molecule has 0 bridgehead atoms. The van der Waals surface area contributed by atoms with Gasteiger partial charge in [0.05, 0.1) is 0 Å². The van der Waals surface area contributed by atoms with Crippen molar-refractivity contribution in [3.63, 3.8) is 0 Å². The summed E-state index contributed by atoms with van der Waals surface area (Å²) in [5.41, 5.74) is 0.846. The predicted molar refractivity (Wildman–Crippen MR) is 107 cm³/mol. The van der Waals surface area contributed by atoms with Crippen LogP contribution in [0.4, 0.5) is 4.39 Å². The third-order valence-corrected chi connectivity index (χ3v) is 5.51. The molecule has 0 amide bonds. The zero-order chi connectivity index (χ0) is 19.4. The number of ether oxygens (including phenoxy) is 1. The van der Waals surface area contributed by atoms with Crippen molar-refractivity contribution in [3.8, 4) is 5.75 Å². The van der Waals surface area contributed by atoms with Crippen LogP contribution in [0.15, 0.2) is 47.6 Å². The van der Waals surface area contributed by atoms with E-state index in [-0.39, 0.29) is 11.9 Å². The molecule has 1 unspecified atom stereocenters. The fourth-order valence-electron chi connectivity index (χ4n) is 2.58. The Hall–Kier alpha value is -1.76. The number of thioether (sulfide) groups is 1. The van der Waals surface area contributed by atoms with E-state index in [1.165, 1.54) is 23.9 Å². The molecule has 1 atom stereocenters. The molecule has 0 saturated carbocycles. The van der Waals surface area contributed by atoms with Crippen molar-refractivity contribution in [1.82, 2.24) is 14.8 Å². The smallest absolute Gasteiger partial charge is 0.191 e. The number of nitrogens with zero attached hydrogens (tertiary/aromatic N) is 3. The second-order valence-electron chi connectivity index (χ2n) is 5.83. The molecule has 1 heterocycles. The summed E-state index contributed by atoms with van der Waals surface area (Å²) in [6, 6.07) is 11.6. The van der Waals surface area contributed by atoms with E-state index >= 15 is 0 Å². The van der Waals surface area contributed by atoms with Crippen molar-refractivity contribution in [2.45, 2.75) is 37.4 Å². The molecule has 3 rings (SSSR count). The summed E-state index contributed by atoms with van der Waals surface area (Å²) < 4.78 is 21.1. The molecule has 1 aromatic heterocycles. The van der Waals surface area contributed by atoms with E-state index in [9.17, 15) is 4.39 Å². The van der Waals surface area contributed by atoms with Gasteiger partial charge in [0.25, 0.3) is 0 Å². The Balaban J connectivity index is 1.73. The van der Waals surface area contributed by atoms with Crippen molar-refractivity contribution in [2.24, 2.45) is 0 Å². The first kappa shape index (κ1) is 20.0. The predicted octanol–water partition coefficient (Wildman–Crippen LogP) is 6.18. The third-order valence-electron chi connectivity index (χ3n) is 3.91. The Bertz CT molecular complexity index is 935. The Morgan fingerprint density at radius 1 is 1.19 bits per heavy atom. The lowest BCUT2D eigenvalue weighted by atomic mass is 10.2. The number of hydrogen-bond acceptors (Lipinski definition) is 4. The van der Waals surface area contributed by atoms with Gasteiger partial charge < -0.3 is 9.30 Å². The monoisotopic (exact) mass is 425 g/mol. The Labute approximate surface area is 171 Å². The van der Waals surface area contributed by atoms with E-state index in [1.54, 1.807) is 18.2 Å². The topological polar surface area (TPSA) is 39.9 Å². The van der Waals surface area contributed by atoms with E-state index in [0.717, 1.165) is 16.5 Å². The second-order valence-corrected chi connectivity index (χ2v) is 7.61. The quantitative estimate of drug-likeness (QED) is 0.423. The SMILES string of the molecule is CCn1c(SCc2ccc(F)cc2Cl)nnc1C(C)Oc1cccc(Cl)c1. The summed E-state index contributed by atoms with van der Waals surface area (Å²) in [5.74, 6) is 1.62. The molecular formula is C19H18Cl2FN3OS. The Morgan fingerprint density at radius 3 is 2.70 bits per heavy atom. The van der Waals surface area contributed by atoms with E-state index in [1.807, 2.05) is 30.5 Å². The van der Waals surface area contributed by atoms with Crippen LogP contribution in [-0.2, 0) is 12.3 Å². The number of benzene rings is 2. The first-order valence-electron chi connectivity index (χ1n) is 8.40. The van der Waals surface area contributed by atoms with Crippen molar-refractivity contribution in [3.05, 3.63) is 69.7 Å². The molecule has 0 radical (unpaired) electrons. The van der Waals surface area contributed by atoms with Crippen LogP contribution in [0, 0.1) is 5.82 Å². The number of aromatic nitrogens is 3. The van der Waals surface area contributed by atoms with Gasteiger partial charge >= 0.3 is 0 Å². The summed E-state index contributed by atoms with van der Waals surface area (Å²) in [5, 5.41) is 10.4. The van der Waals surface area contributed by atoms with E-state index in [4.69, 9.17) is 27.9 Å². The second kappa shape index (κ2) is 8.95. The van der Waals surface area contributed by atoms with E-state index < -0.39 is 0 Å². The minimum Gasteiger partial charge on any atom is -0.483 e. The third kappa shape index (κ3) is 4.94. The molecule has 0 aliphatic heterocycles. The molecule has 27 heavy (non-hydrogen) atoms. The summed E-state index contributed by atoms with van der Waals surface area (Å²) in [6.07, 6.45) is -0.292. The van der Waals surface area contributed by atoms with E-state index in [2.05, 4.69) is 10.2 Å². The standard InChI is InChI=1S/C19H18Cl2FN3OS/c1-3-25-18(12(2)26-16-6-4-5-14(20)9-16)23-24-19(25)27-11-13-7-8-15(22)10-17(13)21/h4-10,12H,3,11H2,1-2H3. The summed E-state index contributed by atoms with van der Waals surface area (Å²) >= 11 is 13.6. The first-order valence-corrected chi connectivity index (χ1v) is 10.1. The van der Waals surface area contributed by atoms with Gasteiger partial charge in [0.15, 0.2) is 17.1 Å². The van der Waals surface area contributed by atoms with Crippen LogP contribution in [0.5, 0.6) is 5.75 Å². The van der Waals surface area contributed by atoms with Crippen LogP contribution in [0.2, 0.25) is 10.0 Å². The van der Waals surface area contributed by atoms with Crippen LogP contribution < -0.4 is 4.74 Å². The molecule has 0 spiro atoms. The Morgan fingerprint density at radius 2 is 2.00 bits per heavy atom. The lowest BCUT2D eigenvalue weighted by molar-refractivity contribution is 0.210. The molecule has 3 aromatic rings. The Kier molecular flexibility index (Phi) is 6.63. The highest BCUT2D eigenvalue weighted by Crippen LogP contribution is 2.29. The van der Waals surface area contributed by atoms with Crippen LogP contribution >= 0.6 is 35.0 Å². The highest BCUT2D eigenvalue weighted by Gasteiger charge is 2.19.